The third-order valence-corrected chi connectivity index (χ3v) is 4.69. The lowest BCUT2D eigenvalue weighted by atomic mass is 10.2. The zero-order valence-corrected chi connectivity index (χ0v) is 16.8. The number of aromatic nitrogens is 3. The van der Waals surface area contributed by atoms with E-state index in [2.05, 4.69) is 21.7 Å². The Bertz CT molecular complexity index is 1190. The number of H-pyrrole nitrogens is 1. The van der Waals surface area contributed by atoms with Crippen LogP contribution < -0.4 is 26.6 Å². The summed E-state index contributed by atoms with van der Waals surface area (Å²) < 4.78 is 8.11. The van der Waals surface area contributed by atoms with Crippen molar-refractivity contribution in [2.24, 2.45) is 14.1 Å². The maximum Gasteiger partial charge on any atom is 0.332 e. The molecular weight excluding hydrogens is 388 g/mol. The molecule has 10 nitrogen and oxygen atoms in total. The Hall–Kier alpha value is -3.55. The summed E-state index contributed by atoms with van der Waals surface area (Å²) >= 11 is 0. The summed E-state index contributed by atoms with van der Waals surface area (Å²) in [6, 6.07) is 10.6. The van der Waals surface area contributed by atoms with Crippen LogP contribution >= 0.6 is 0 Å². The predicted octanol–water partition coefficient (Wildman–Crippen LogP) is -0.122. The molecule has 0 radical (unpaired) electrons. The Kier molecular flexibility index (Phi) is 6.56. The largest absolute Gasteiger partial charge is 0.490 e. The van der Waals surface area contributed by atoms with Crippen molar-refractivity contribution >= 4 is 16.7 Å². The van der Waals surface area contributed by atoms with Gasteiger partial charge >= 0.3 is 5.69 Å². The Labute approximate surface area is 172 Å². The smallest absolute Gasteiger partial charge is 0.332 e. The van der Waals surface area contributed by atoms with Crippen molar-refractivity contribution in [3.05, 3.63) is 56.9 Å². The number of rotatable bonds is 9. The predicted molar refractivity (Wildman–Crippen MR) is 113 cm³/mol. The number of ether oxygens (including phenoxy) is 1. The van der Waals surface area contributed by atoms with Crippen molar-refractivity contribution in [1.29, 1.82) is 5.26 Å². The van der Waals surface area contributed by atoms with E-state index in [1.807, 2.05) is 12.1 Å². The quantitative estimate of drug-likeness (QED) is 0.360. The number of nitrogens with one attached hydrogen (secondary N) is 3. The highest BCUT2D eigenvalue weighted by atomic mass is 16.5. The van der Waals surface area contributed by atoms with Gasteiger partial charge in [0.05, 0.1) is 5.52 Å². The van der Waals surface area contributed by atoms with E-state index in [9.17, 15) is 14.7 Å². The molecule has 2 aromatic heterocycles. The molecule has 158 valence electrons. The minimum Gasteiger partial charge on any atom is -0.490 e. The van der Waals surface area contributed by atoms with Crippen molar-refractivity contribution in [3.63, 3.8) is 0 Å². The Balaban J connectivity index is 1.44. The van der Waals surface area contributed by atoms with Gasteiger partial charge in [0.15, 0.2) is 0 Å². The van der Waals surface area contributed by atoms with Gasteiger partial charge in [0, 0.05) is 45.2 Å². The number of hydrogen-bond donors (Lipinski definition) is 4. The van der Waals surface area contributed by atoms with Crippen LogP contribution in [0.15, 0.2) is 39.9 Å². The molecular formula is C20H24N6O4. The summed E-state index contributed by atoms with van der Waals surface area (Å²) in [5.41, 5.74) is 0.475. The molecule has 1 unspecified atom stereocenters. The number of aromatic amines is 1. The van der Waals surface area contributed by atoms with Gasteiger partial charge in [-0.3, -0.25) is 13.9 Å². The molecule has 0 saturated heterocycles. The van der Waals surface area contributed by atoms with Gasteiger partial charge in [0.1, 0.15) is 36.0 Å². The van der Waals surface area contributed by atoms with Gasteiger partial charge in [-0.25, -0.2) is 4.79 Å². The number of aliphatic hydroxyl groups is 1. The lowest BCUT2D eigenvalue weighted by Gasteiger charge is -2.15. The monoisotopic (exact) mass is 412 g/mol. The fourth-order valence-corrected chi connectivity index (χ4v) is 3.01. The van der Waals surface area contributed by atoms with Crippen LogP contribution in [0, 0.1) is 11.3 Å². The first-order chi connectivity index (χ1) is 14.4. The van der Waals surface area contributed by atoms with Gasteiger partial charge in [0.2, 0.25) is 0 Å². The van der Waals surface area contributed by atoms with Crippen molar-refractivity contribution in [3.8, 4) is 11.8 Å². The Morgan fingerprint density at radius 2 is 2.03 bits per heavy atom. The zero-order chi connectivity index (χ0) is 21.7. The van der Waals surface area contributed by atoms with Crippen LogP contribution in [0.3, 0.4) is 0 Å². The van der Waals surface area contributed by atoms with Crippen LogP contribution in [-0.4, -0.2) is 51.6 Å². The van der Waals surface area contributed by atoms with E-state index in [0.717, 1.165) is 15.5 Å². The Morgan fingerprint density at radius 3 is 2.80 bits per heavy atom. The summed E-state index contributed by atoms with van der Waals surface area (Å²) in [7, 11) is 3.02. The van der Waals surface area contributed by atoms with E-state index in [1.165, 1.54) is 17.7 Å². The van der Waals surface area contributed by atoms with Gasteiger partial charge in [-0.15, -0.1) is 0 Å². The Morgan fingerprint density at radius 1 is 1.23 bits per heavy atom. The molecule has 0 saturated carbocycles. The van der Waals surface area contributed by atoms with Crippen molar-refractivity contribution < 1.29 is 9.84 Å². The molecule has 0 amide bonds. The maximum atomic E-state index is 11.9. The van der Waals surface area contributed by atoms with Crippen molar-refractivity contribution in [2.75, 3.05) is 31.6 Å². The zero-order valence-electron chi connectivity index (χ0n) is 16.8. The fourth-order valence-electron chi connectivity index (χ4n) is 3.01. The molecule has 1 atom stereocenters. The molecule has 2 heterocycles. The number of nitriles is 1. The third kappa shape index (κ3) is 4.71. The van der Waals surface area contributed by atoms with E-state index in [4.69, 9.17) is 10.00 Å². The first kappa shape index (κ1) is 21.2. The van der Waals surface area contributed by atoms with Gasteiger partial charge in [-0.05, 0) is 18.2 Å². The number of nitrogens with zero attached hydrogens (tertiary/aromatic N) is 3. The SMILES string of the molecule is Cn1c(NCCNCC(O)COc2cccc3[nH]c(C#N)cc23)cc(=O)n(C)c1=O. The van der Waals surface area contributed by atoms with Gasteiger partial charge < -0.3 is 25.5 Å². The van der Waals surface area contributed by atoms with Crippen LogP contribution in [0.4, 0.5) is 5.82 Å². The molecule has 0 bridgehead atoms. The second-order valence-corrected chi connectivity index (χ2v) is 6.88. The molecule has 1 aromatic carbocycles. The molecule has 0 fully saturated rings. The number of aliphatic hydroxyl groups excluding tert-OH is 1. The highest BCUT2D eigenvalue weighted by molar-refractivity contribution is 5.87. The molecule has 3 aromatic rings. The summed E-state index contributed by atoms with van der Waals surface area (Å²) in [6.07, 6.45) is -0.733. The summed E-state index contributed by atoms with van der Waals surface area (Å²) in [6.45, 7) is 1.38. The number of fused-ring (bicyclic) bond motifs is 1. The van der Waals surface area contributed by atoms with Crippen LogP contribution in [0.2, 0.25) is 0 Å². The van der Waals surface area contributed by atoms with Gasteiger partial charge in [-0.1, -0.05) is 6.07 Å². The molecule has 0 aliphatic heterocycles. The van der Waals surface area contributed by atoms with Crippen molar-refractivity contribution in [2.45, 2.75) is 6.10 Å². The lowest BCUT2D eigenvalue weighted by molar-refractivity contribution is 0.107. The normalized spacial score (nSPS) is 11.9. The molecule has 0 aliphatic rings. The molecule has 4 N–H and O–H groups in total. The summed E-state index contributed by atoms with van der Waals surface area (Å²) in [4.78, 5) is 26.6. The standard InChI is InChI=1S/C20H24N6O4/c1-25-18(9-19(28)26(2)20(25)29)23-7-6-22-11-14(27)12-30-17-5-3-4-16-15(17)8-13(10-21)24-16/h3-5,8-9,14,22-24,27H,6-7,11-12H2,1-2H3. The second-order valence-electron chi connectivity index (χ2n) is 6.88. The van der Waals surface area contributed by atoms with Crippen LogP contribution in [0.1, 0.15) is 5.69 Å². The summed E-state index contributed by atoms with van der Waals surface area (Å²) in [5.74, 6) is 1.03. The first-order valence-electron chi connectivity index (χ1n) is 9.45. The minimum absolute atomic E-state index is 0.0931. The minimum atomic E-state index is -0.733. The number of anilines is 1. The lowest BCUT2D eigenvalue weighted by Crippen LogP contribution is -2.38. The van der Waals surface area contributed by atoms with Crippen LogP contribution in [0.25, 0.3) is 10.9 Å². The highest BCUT2D eigenvalue weighted by Gasteiger charge is 2.10. The first-order valence-corrected chi connectivity index (χ1v) is 9.45. The van der Waals surface area contributed by atoms with Crippen molar-refractivity contribution in [1.82, 2.24) is 19.4 Å². The fraction of sp³-hybridized carbons (Fsp3) is 0.350. The van der Waals surface area contributed by atoms with Gasteiger partial charge in [-0.2, -0.15) is 5.26 Å². The summed E-state index contributed by atoms with van der Waals surface area (Å²) in [5, 5.41) is 26.1. The average Bonchev–Trinajstić information content (AvgIpc) is 3.18. The van der Waals surface area contributed by atoms with Gasteiger partial charge in [0.25, 0.3) is 5.56 Å². The van der Waals surface area contributed by atoms with E-state index >= 15 is 0 Å². The van der Waals surface area contributed by atoms with E-state index in [0.29, 0.717) is 36.9 Å². The molecule has 3 rings (SSSR count). The van der Waals surface area contributed by atoms with E-state index < -0.39 is 11.8 Å². The molecule has 30 heavy (non-hydrogen) atoms. The van der Waals surface area contributed by atoms with Crippen LogP contribution in [-0.2, 0) is 14.1 Å². The topological polar surface area (TPSA) is 137 Å². The van der Waals surface area contributed by atoms with Crippen LogP contribution in [0.5, 0.6) is 5.75 Å². The molecule has 10 heteroatoms. The third-order valence-electron chi connectivity index (χ3n) is 4.69. The van der Waals surface area contributed by atoms with E-state index in [1.54, 1.807) is 19.2 Å². The average molecular weight is 412 g/mol. The molecule has 0 spiro atoms. The number of benzene rings is 1. The molecule has 0 aliphatic carbocycles. The highest BCUT2D eigenvalue weighted by Crippen LogP contribution is 2.26. The number of hydrogen-bond acceptors (Lipinski definition) is 7. The maximum absolute atomic E-state index is 11.9. The van der Waals surface area contributed by atoms with E-state index in [-0.39, 0.29) is 12.2 Å². The second kappa shape index (κ2) is 9.30.